The molecular formula is C31H25Cl3N2O4S. The highest BCUT2D eigenvalue weighted by Gasteiger charge is 2.54. The van der Waals surface area contributed by atoms with Gasteiger partial charge in [0.05, 0.1) is 37.1 Å². The Morgan fingerprint density at radius 1 is 1.07 bits per heavy atom. The normalized spacial score (nSPS) is 20.5. The van der Waals surface area contributed by atoms with Crippen LogP contribution in [0.1, 0.15) is 58.6 Å². The second-order valence-electron chi connectivity index (χ2n) is 10.8. The summed E-state index contributed by atoms with van der Waals surface area (Å²) >= 11 is 21.0. The van der Waals surface area contributed by atoms with Gasteiger partial charge in [0.1, 0.15) is 23.1 Å². The van der Waals surface area contributed by atoms with Gasteiger partial charge in [-0.1, -0.05) is 53.9 Å². The number of halogens is 3. The van der Waals surface area contributed by atoms with Gasteiger partial charge in [0, 0.05) is 21.9 Å². The molecule has 4 aromatic rings. The Balaban J connectivity index is 1.20. The average molecular weight is 628 g/mol. The Hall–Kier alpha value is -3.10. The molecule has 6 nitrogen and oxygen atoms in total. The lowest BCUT2D eigenvalue weighted by atomic mass is 10.00. The zero-order valence-electron chi connectivity index (χ0n) is 21.9. The Morgan fingerprint density at radius 2 is 1.80 bits per heavy atom. The van der Waals surface area contributed by atoms with Crippen molar-refractivity contribution in [2.75, 3.05) is 6.61 Å². The minimum absolute atomic E-state index is 0.00643. The van der Waals surface area contributed by atoms with Gasteiger partial charge < -0.3 is 14.9 Å². The topological polar surface area (TPSA) is 104 Å². The van der Waals surface area contributed by atoms with Crippen molar-refractivity contribution in [2.24, 2.45) is 5.92 Å². The number of aromatic nitrogens is 1. The summed E-state index contributed by atoms with van der Waals surface area (Å²) in [5.41, 5.74) is 2.56. The maximum Gasteiger partial charge on any atom is 0.335 e. The van der Waals surface area contributed by atoms with Crippen molar-refractivity contribution in [2.45, 2.75) is 37.5 Å². The summed E-state index contributed by atoms with van der Waals surface area (Å²) in [4.78, 5) is 16.2. The highest BCUT2D eigenvalue weighted by atomic mass is 35.5. The first-order valence-electron chi connectivity index (χ1n) is 13.1. The molecule has 2 unspecified atom stereocenters. The van der Waals surface area contributed by atoms with Crippen LogP contribution < -0.4 is 4.74 Å². The van der Waals surface area contributed by atoms with Crippen LogP contribution in [0.25, 0.3) is 10.2 Å². The molecule has 0 saturated heterocycles. The quantitative estimate of drug-likeness (QED) is 0.127. The molecule has 3 N–H and O–H groups in total. The summed E-state index contributed by atoms with van der Waals surface area (Å²) < 4.78 is 6.90. The van der Waals surface area contributed by atoms with Crippen molar-refractivity contribution in [1.82, 2.24) is 4.98 Å². The largest absolute Gasteiger partial charge is 0.512 e. The number of benzene rings is 3. The van der Waals surface area contributed by atoms with Crippen LogP contribution in [-0.4, -0.2) is 33.5 Å². The third-order valence-electron chi connectivity index (χ3n) is 7.88. The SMILES string of the molecule is CC1(c2nc3ccc(C(=O)O)cc3s2)CC1c1ccc(OC/C(C(=N)c2c(Cl)cccc2Cl)=C(/O)C2CC2)cc1Cl. The molecule has 2 saturated carbocycles. The van der Waals surface area contributed by atoms with Gasteiger partial charge in [0.15, 0.2) is 0 Å². The Morgan fingerprint density at radius 3 is 2.46 bits per heavy atom. The molecule has 0 spiro atoms. The summed E-state index contributed by atoms with van der Waals surface area (Å²) in [5, 5.41) is 31.2. The molecule has 2 atom stereocenters. The summed E-state index contributed by atoms with van der Waals surface area (Å²) in [6, 6.07) is 15.6. The van der Waals surface area contributed by atoms with Crippen LogP contribution in [0.3, 0.4) is 0 Å². The van der Waals surface area contributed by atoms with Gasteiger partial charge in [-0.25, -0.2) is 9.78 Å². The van der Waals surface area contributed by atoms with Gasteiger partial charge >= 0.3 is 5.97 Å². The summed E-state index contributed by atoms with van der Waals surface area (Å²) in [6.45, 7) is 2.11. The van der Waals surface area contributed by atoms with E-state index in [0.29, 0.717) is 32.0 Å². The molecule has 3 aromatic carbocycles. The van der Waals surface area contributed by atoms with Crippen LogP contribution in [0.4, 0.5) is 0 Å². The van der Waals surface area contributed by atoms with Crippen molar-refractivity contribution in [3.05, 3.63) is 103 Å². The number of rotatable bonds is 9. The Kier molecular flexibility index (Phi) is 7.27. The zero-order chi connectivity index (χ0) is 29.1. The number of allylic oxidation sites excluding steroid dienone is 1. The number of fused-ring (bicyclic) bond motifs is 1. The van der Waals surface area contributed by atoms with Gasteiger partial charge in [-0.3, -0.25) is 5.41 Å². The highest BCUT2D eigenvalue weighted by molar-refractivity contribution is 7.18. The molecule has 41 heavy (non-hydrogen) atoms. The van der Waals surface area contributed by atoms with E-state index in [1.807, 2.05) is 12.1 Å². The molecular weight excluding hydrogens is 603 g/mol. The molecule has 2 fully saturated rings. The van der Waals surface area contributed by atoms with E-state index in [9.17, 15) is 15.0 Å². The smallest absolute Gasteiger partial charge is 0.335 e. The highest BCUT2D eigenvalue weighted by Crippen LogP contribution is 2.62. The van der Waals surface area contributed by atoms with Crippen molar-refractivity contribution >= 4 is 68.0 Å². The lowest BCUT2D eigenvalue weighted by molar-refractivity contribution is 0.0697. The molecule has 1 heterocycles. The van der Waals surface area contributed by atoms with Crippen LogP contribution in [-0.2, 0) is 5.41 Å². The predicted octanol–water partition coefficient (Wildman–Crippen LogP) is 9.07. The number of carbonyl (C=O) groups is 1. The first-order chi connectivity index (χ1) is 19.6. The summed E-state index contributed by atoms with van der Waals surface area (Å²) in [7, 11) is 0. The van der Waals surface area contributed by atoms with Crippen LogP contribution in [0.15, 0.2) is 65.9 Å². The minimum Gasteiger partial charge on any atom is -0.512 e. The van der Waals surface area contributed by atoms with Crippen LogP contribution in [0, 0.1) is 11.3 Å². The van der Waals surface area contributed by atoms with E-state index < -0.39 is 5.97 Å². The van der Waals surface area contributed by atoms with Crippen LogP contribution >= 0.6 is 46.1 Å². The molecule has 2 aliphatic rings. The summed E-state index contributed by atoms with van der Waals surface area (Å²) in [5.74, 6) is -0.142. The second kappa shape index (κ2) is 10.6. The second-order valence-corrected chi connectivity index (χ2v) is 13.0. The number of aromatic carboxylic acids is 1. The molecule has 6 rings (SSSR count). The number of nitrogens with one attached hydrogen (secondary N) is 1. The molecule has 0 radical (unpaired) electrons. The first kappa shape index (κ1) is 28.0. The monoisotopic (exact) mass is 626 g/mol. The van der Waals surface area contributed by atoms with Crippen molar-refractivity contribution < 1.29 is 19.7 Å². The fourth-order valence-electron chi connectivity index (χ4n) is 5.16. The fourth-order valence-corrected chi connectivity index (χ4v) is 7.26. The fraction of sp³-hybridized carbons (Fsp3) is 0.258. The van der Waals surface area contributed by atoms with Crippen molar-refractivity contribution in [1.29, 1.82) is 5.41 Å². The lowest BCUT2D eigenvalue weighted by Crippen LogP contribution is -2.16. The van der Waals surface area contributed by atoms with E-state index in [2.05, 4.69) is 6.92 Å². The van der Waals surface area contributed by atoms with E-state index in [1.54, 1.807) is 42.5 Å². The molecule has 0 bridgehead atoms. The average Bonchev–Trinajstić information content (AvgIpc) is 3.85. The third-order valence-corrected chi connectivity index (χ3v) is 10.1. The number of hydrogen-bond acceptors (Lipinski definition) is 6. The number of carboxylic acids is 1. The standard InChI is InChI=1S/C31H25Cl3N2O4S/c1-31(30-36-24-10-7-16(29(38)39)11-25(24)41-30)13-20(31)18-9-8-17(12-23(18)34)40-14-19(28(37)15-5-6-15)27(35)26-21(32)3-2-4-22(26)33/h2-4,7-12,15,20,35,37H,5-6,13-14H2,1H3,(H,38,39)/b28-19-,35-27?. The first-order valence-corrected chi connectivity index (χ1v) is 15.0. The predicted molar refractivity (Wildman–Crippen MR) is 164 cm³/mol. The van der Waals surface area contributed by atoms with E-state index in [-0.39, 0.29) is 40.9 Å². The minimum atomic E-state index is -0.957. The number of thiazole rings is 1. The lowest BCUT2D eigenvalue weighted by Gasteiger charge is -2.16. The third kappa shape index (κ3) is 5.32. The van der Waals surface area contributed by atoms with E-state index >= 15 is 0 Å². The maximum absolute atomic E-state index is 11.4. The van der Waals surface area contributed by atoms with Gasteiger partial charge in [-0.05, 0) is 73.2 Å². The van der Waals surface area contributed by atoms with Gasteiger partial charge in [0.2, 0.25) is 0 Å². The molecule has 10 heteroatoms. The van der Waals surface area contributed by atoms with Gasteiger partial charge in [-0.15, -0.1) is 11.3 Å². The molecule has 0 aliphatic heterocycles. The van der Waals surface area contributed by atoms with Crippen molar-refractivity contribution in [3.8, 4) is 5.75 Å². The van der Waals surface area contributed by atoms with Gasteiger partial charge in [-0.2, -0.15) is 0 Å². The van der Waals surface area contributed by atoms with E-state index in [0.717, 1.165) is 40.1 Å². The van der Waals surface area contributed by atoms with Crippen molar-refractivity contribution in [3.63, 3.8) is 0 Å². The Labute approximate surface area is 255 Å². The van der Waals surface area contributed by atoms with E-state index in [4.69, 9.17) is 49.9 Å². The molecule has 0 amide bonds. The van der Waals surface area contributed by atoms with Crippen LogP contribution in [0.2, 0.25) is 15.1 Å². The molecule has 1 aromatic heterocycles. The van der Waals surface area contributed by atoms with Crippen LogP contribution in [0.5, 0.6) is 5.75 Å². The number of nitrogens with zero attached hydrogens (tertiary/aromatic N) is 1. The maximum atomic E-state index is 11.4. The zero-order valence-corrected chi connectivity index (χ0v) is 25.0. The number of ether oxygens (including phenoxy) is 1. The Bertz CT molecular complexity index is 1740. The molecule has 210 valence electrons. The summed E-state index contributed by atoms with van der Waals surface area (Å²) in [6.07, 6.45) is 2.58. The molecule has 2 aliphatic carbocycles. The van der Waals surface area contributed by atoms with E-state index in [1.165, 1.54) is 11.3 Å². The number of aliphatic hydroxyl groups excluding tert-OH is 1. The number of aliphatic hydroxyl groups is 1. The number of hydrogen-bond donors (Lipinski definition) is 3. The number of carboxylic acid groups (broad SMARTS) is 1. The van der Waals surface area contributed by atoms with Gasteiger partial charge in [0.25, 0.3) is 0 Å².